The Morgan fingerprint density at radius 3 is 2.30 bits per heavy atom. The molecule has 0 unspecified atom stereocenters. The van der Waals surface area contributed by atoms with Crippen LogP contribution in [0.25, 0.3) is 21.9 Å². The summed E-state index contributed by atoms with van der Waals surface area (Å²) in [5, 5.41) is 2.17. The van der Waals surface area contributed by atoms with E-state index in [1.807, 2.05) is 66.7 Å². The molecular weight excluding hydrogens is 248 g/mol. The first-order chi connectivity index (χ1) is 9.81. The van der Waals surface area contributed by atoms with E-state index in [0.717, 1.165) is 21.9 Å². The predicted octanol–water partition coefficient (Wildman–Crippen LogP) is 4.29. The van der Waals surface area contributed by atoms with Crippen molar-refractivity contribution in [2.45, 2.75) is 0 Å². The molecule has 0 aliphatic heterocycles. The topological polar surface area (TPSA) is 26.3 Å². The summed E-state index contributed by atoms with van der Waals surface area (Å²) in [6.45, 7) is 0. The first-order valence-electron chi connectivity index (χ1n) is 6.47. The number of fused-ring (bicyclic) bond motifs is 1. The second-order valence-electron chi connectivity index (χ2n) is 4.57. The lowest BCUT2D eigenvalue weighted by Crippen LogP contribution is -2.04. The smallest absolute Gasteiger partial charge is 0.338 e. The predicted molar refractivity (Wildman–Crippen MR) is 80.7 cm³/mol. The molecule has 2 heteroatoms. The summed E-state index contributed by atoms with van der Waals surface area (Å²) in [6.07, 6.45) is 0. The Kier molecular flexibility index (Phi) is 3.21. The Morgan fingerprint density at radius 1 is 0.850 bits per heavy atom. The molecule has 3 aromatic carbocycles. The molecule has 0 aliphatic rings. The number of rotatable bonds is 2. The van der Waals surface area contributed by atoms with E-state index >= 15 is 0 Å². The molecule has 0 bridgehead atoms. The Morgan fingerprint density at radius 2 is 1.55 bits per heavy atom. The third kappa shape index (κ3) is 2.05. The van der Waals surface area contributed by atoms with E-state index in [2.05, 4.69) is 0 Å². The van der Waals surface area contributed by atoms with Crippen LogP contribution in [0.15, 0.2) is 66.7 Å². The van der Waals surface area contributed by atoms with Crippen molar-refractivity contribution in [1.82, 2.24) is 0 Å². The summed E-state index contributed by atoms with van der Waals surface area (Å²) < 4.78 is 4.91. The molecule has 3 rings (SSSR count). The molecule has 0 fully saturated rings. The van der Waals surface area contributed by atoms with Crippen LogP contribution in [0.5, 0.6) is 0 Å². The average molecular weight is 262 g/mol. The number of hydrogen-bond donors (Lipinski definition) is 0. The van der Waals surface area contributed by atoms with Gasteiger partial charge in [0.25, 0.3) is 0 Å². The molecule has 20 heavy (non-hydrogen) atoms. The molecule has 0 heterocycles. The van der Waals surface area contributed by atoms with E-state index in [1.165, 1.54) is 7.11 Å². The van der Waals surface area contributed by atoms with E-state index in [1.54, 1.807) is 0 Å². The van der Waals surface area contributed by atoms with Gasteiger partial charge in [-0.05, 0) is 22.4 Å². The van der Waals surface area contributed by atoms with Crippen LogP contribution in [0.1, 0.15) is 10.4 Å². The van der Waals surface area contributed by atoms with Crippen molar-refractivity contribution in [2.24, 2.45) is 0 Å². The van der Waals surface area contributed by atoms with E-state index in [4.69, 9.17) is 4.74 Å². The van der Waals surface area contributed by atoms with Crippen LogP contribution < -0.4 is 0 Å². The van der Waals surface area contributed by atoms with Crippen LogP contribution in [0.2, 0.25) is 0 Å². The zero-order valence-corrected chi connectivity index (χ0v) is 11.2. The molecule has 2 nitrogen and oxygen atoms in total. The maximum Gasteiger partial charge on any atom is 0.338 e. The van der Waals surface area contributed by atoms with E-state index in [-0.39, 0.29) is 5.97 Å². The van der Waals surface area contributed by atoms with Crippen LogP contribution >= 0.6 is 0 Å². The number of ether oxygens (including phenoxy) is 1. The van der Waals surface area contributed by atoms with Crippen molar-refractivity contribution in [3.63, 3.8) is 0 Å². The lowest BCUT2D eigenvalue weighted by Gasteiger charge is -2.12. The lowest BCUT2D eigenvalue weighted by molar-refractivity contribution is 0.0602. The van der Waals surface area contributed by atoms with Crippen molar-refractivity contribution in [3.8, 4) is 11.1 Å². The summed E-state index contributed by atoms with van der Waals surface area (Å²) in [4.78, 5) is 12.0. The molecular formula is C18H14O2. The number of hydrogen-bond acceptors (Lipinski definition) is 2. The van der Waals surface area contributed by atoms with E-state index < -0.39 is 0 Å². The third-order valence-electron chi connectivity index (χ3n) is 3.40. The normalized spacial score (nSPS) is 10.4. The van der Waals surface area contributed by atoms with Gasteiger partial charge in [0.1, 0.15) is 0 Å². The van der Waals surface area contributed by atoms with Crippen LogP contribution in [-0.2, 0) is 4.74 Å². The first-order valence-corrected chi connectivity index (χ1v) is 6.47. The van der Waals surface area contributed by atoms with E-state index in [9.17, 15) is 4.79 Å². The monoisotopic (exact) mass is 262 g/mol. The number of carbonyl (C=O) groups excluding carboxylic acids is 1. The quantitative estimate of drug-likeness (QED) is 0.644. The molecule has 0 aromatic heterocycles. The molecule has 0 aliphatic carbocycles. The second-order valence-corrected chi connectivity index (χ2v) is 4.57. The van der Waals surface area contributed by atoms with Gasteiger partial charge in [-0.1, -0.05) is 60.7 Å². The molecule has 0 N–H and O–H groups in total. The van der Waals surface area contributed by atoms with Crippen LogP contribution in [-0.4, -0.2) is 13.1 Å². The van der Waals surface area contributed by atoms with Gasteiger partial charge in [0.05, 0.1) is 12.7 Å². The number of carbonyl (C=O) groups is 1. The summed E-state index contributed by atoms with van der Waals surface area (Å²) in [5.74, 6) is -0.311. The maximum absolute atomic E-state index is 12.0. The molecule has 0 atom stereocenters. The third-order valence-corrected chi connectivity index (χ3v) is 3.40. The van der Waals surface area contributed by atoms with E-state index in [0.29, 0.717) is 5.56 Å². The summed E-state index contributed by atoms with van der Waals surface area (Å²) >= 11 is 0. The van der Waals surface area contributed by atoms with Gasteiger partial charge in [-0.25, -0.2) is 4.79 Å². The van der Waals surface area contributed by atoms with Crippen LogP contribution in [0.4, 0.5) is 0 Å². The lowest BCUT2D eigenvalue weighted by atomic mass is 9.93. The highest BCUT2D eigenvalue weighted by Crippen LogP contribution is 2.32. The summed E-state index contributed by atoms with van der Waals surface area (Å²) in [5.41, 5.74) is 2.54. The highest BCUT2D eigenvalue weighted by atomic mass is 16.5. The highest BCUT2D eigenvalue weighted by Gasteiger charge is 2.15. The maximum atomic E-state index is 12.0. The van der Waals surface area contributed by atoms with Crippen molar-refractivity contribution >= 4 is 16.7 Å². The van der Waals surface area contributed by atoms with Crippen LogP contribution in [0, 0.1) is 0 Å². The molecule has 0 saturated heterocycles. The Bertz CT molecular complexity index is 761. The van der Waals surface area contributed by atoms with Gasteiger partial charge in [0, 0.05) is 5.56 Å². The van der Waals surface area contributed by atoms with Gasteiger partial charge in [0.15, 0.2) is 0 Å². The minimum atomic E-state index is -0.311. The van der Waals surface area contributed by atoms with Gasteiger partial charge >= 0.3 is 5.97 Å². The molecule has 0 spiro atoms. The number of esters is 1. The molecule has 0 saturated carbocycles. The molecule has 0 radical (unpaired) electrons. The van der Waals surface area contributed by atoms with Crippen molar-refractivity contribution in [2.75, 3.05) is 7.11 Å². The minimum absolute atomic E-state index is 0.311. The van der Waals surface area contributed by atoms with Gasteiger partial charge in [-0.2, -0.15) is 0 Å². The Labute approximate surface area is 117 Å². The van der Waals surface area contributed by atoms with Crippen molar-refractivity contribution < 1.29 is 9.53 Å². The summed E-state index contributed by atoms with van der Waals surface area (Å²) in [7, 11) is 1.41. The molecule has 0 amide bonds. The molecule has 98 valence electrons. The van der Waals surface area contributed by atoms with Gasteiger partial charge in [-0.3, -0.25) is 0 Å². The number of benzene rings is 3. The zero-order chi connectivity index (χ0) is 13.9. The first kappa shape index (κ1) is 12.4. The van der Waals surface area contributed by atoms with Gasteiger partial charge in [-0.15, -0.1) is 0 Å². The Balaban J connectivity index is 2.38. The highest BCUT2D eigenvalue weighted by molar-refractivity contribution is 6.08. The summed E-state index contributed by atoms with van der Waals surface area (Å²) in [6, 6.07) is 21.8. The average Bonchev–Trinajstić information content (AvgIpc) is 2.53. The van der Waals surface area contributed by atoms with Crippen molar-refractivity contribution in [3.05, 3.63) is 72.3 Å². The molecule has 3 aromatic rings. The fourth-order valence-electron chi connectivity index (χ4n) is 2.47. The minimum Gasteiger partial charge on any atom is -0.465 e. The zero-order valence-electron chi connectivity index (χ0n) is 11.2. The number of methoxy groups -OCH3 is 1. The van der Waals surface area contributed by atoms with Crippen molar-refractivity contribution in [1.29, 1.82) is 0 Å². The second kappa shape index (κ2) is 5.17. The fraction of sp³-hybridized carbons (Fsp3) is 0.0556. The van der Waals surface area contributed by atoms with Gasteiger partial charge in [0.2, 0.25) is 0 Å². The SMILES string of the molecule is COC(=O)c1ccc2ccccc2c1-c1ccccc1. The van der Waals surface area contributed by atoms with Gasteiger partial charge < -0.3 is 4.74 Å². The Hall–Kier alpha value is -2.61. The standard InChI is InChI=1S/C18H14O2/c1-20-18(19)16-12-11-13-7-5-6-10-15(13)17(16)14-8-3-2-4-9-14/h2-12H,1H3. The fourth-order valence-corrected chi connectivity index (χ4v) is 2.47. The van der Waals surface area contributed by atoms with Crippen LogP contribution in [0.3, 0.4) is 0 Å². The largest absolute Gasteiger partial charge is 0.465 e.